The highest BCUT2D eigenvalue weighted by Crippen LogP contribution is 2.28. The van der Waals surface area contributed by atoms with Gasteiger partial charge in [-0.3, -0.25) is 5.10 Å². The number of aromatic nitrogens is 2. The standard InChI is InChI=1S/C14H26N4O2S/c1-4-11-5-7-12(8-6-11)18-21(19,20)14-10(2)16-17-13(14)9-15-3/h11-12,15,18H,4-9H2,1-3H3,(H,16,17). The predicted molar refractivity (Wildman–Crippen MR) is 82.4 cm³/mol. The normalized spacial score (nSPS) is 23.4. The number of aryl methyl sites for hydroxylation is 1. The third-order valence-corrected chi connectivity index (χ3v) is 6.04. The molecule has 21 heavy (non-hydrogen) atoms. The van der Waals surface area contributed by atoms with Crippen LogP contribution in [0.3, 0.4) is 0 Å². The van der Waals surface area contributed by atoms with Gasteiger partial charge < -0.3 is 5.32 Å². The van der Waals surface area contributed by atoms with Crippen molar-refractivity contribution in [1.82, 2.24) is 20.2 Å². The van der Waals surface area contributed by atoms with Crippen LogP contribution in [-0.4, -0.2) is 31.7 Å². The van der Waals surface area contributed by atoms with Crippen molar-refractivity contribution in [3.8, 4) is 0 Å². The molecule has 0 bridgehead atoms. The molecule has 0 radical (unpaired) electrons. The lowest BCUT2D eigenvalue weighted by Crippen LogP contribution is -2.38. The van der Waals surface area contributed by atoms with E-state index in [1.165, 1.54) is 6.42 Å². The summed E-state index contributed by atoms with van der Waals surface area (Å²) in [5.74, 6) is 0.751. The molecular formula is C14H26N4O2S. The van der Waals surface area contributed by atoms with Gasteiger partial charge in [-0.05, 0) is 45.6 Å². The van der Waals surface area contributed by atoms with Crippen molar-refractivity contribution >= 4 is 10.0 Å². The van der Waals surface area contributed by atoms with Crippen LogP contribution < -0.4 is 10.0 Å². The Labute approximate surface area is 127 Å². The van der Waals surface area contributed by atoms with Crippen molar-refractivity contribution < 1.29 is 8.42 Å². The molecule has 0 aromatic carbocycles. The SMILES string of the molecule is CCC1CCC(NS(=O)(=O)c2c(CNC)n[nH]c2C)CC1. The molecule has 0 amide bonds. The minimum atomic E-state index is -3.51. The maximum Gasteiger partial charge on any atom is 0.244 e. The van der Waals surface area contributed by atoms with Crippen LogP contribution in [0.25, 0.3) is 0 Å². The minimum Gasteiger partial charge on any atom is -0.314 e. The smallest absolute Gasteiger partial charge is 0.244 e. The lowest BCUT2D eigenvalue weighted by molar-refractivity contribution is 0.306. The Morgan fingerprint density at radius 1 is 1.29 bits per heavy atom. The van der Waals surface area contributed by atoms with Gasteiger partial charge in [0.2, 0.25) is 10.0 Å². The first-order valence-electron chi connectivity index (χ1n) is 7.68. The highest BCUT2D eigenvalue weighted by molar-refractivity contribution is 7.89. The summed E-state index contributed by atoms with van der Waals surface area (Å²) >= 11 is 0. The summed E-state index contributed by atoms with van der Waals surface area (Å²) in [6.45, 7) is 4.38. The summed E-state index contributed by atoms with van der Waals surface area (Å²) in [7, 11) is -1.73. The fourth-order valence-electron chi connectivity index (χ4n) is 3.08. The van der Waals surface area contributed by atoms with Gasteiger partial charge >= 0.3 is 0 Å². The molecular weight excluding hydrogens is 288 g/mol. The molecule has 1 aliphatic rings. The van der Waals surface area contributed by atoms with E-state index in [1.807, 2.05) is 0 Å². The van der Waals surface area contributed by atoms with Crippen molar-refractivity contribution in [3.63, 3.8) is 0 Å². The van der Waals surface area contributed by atoms with E-state index in [0.29, 0.717) is 22.8 Å². The second kappa shape index (κ2) is 6.89. The summed E-state index contributed by atoms with van der Waals surface area (Å²) in [6.07, 6.45) is 5.26. The molecule has 1 aromatic rings. The second-order valence-corrected chi connectivity index (χ2v) is 7.55. The van der Waals surface area contributed by atoms with Crippen molar-refractivity contribution in [2.24, 2.45) is 5.92 Å². The van der Waals surface area contributed by atoms with Crippen LogP contribution in [0.4, 0.5) is 0 Å². The summed E-state index contributed by atoms with van der Waals surface area (Å²) in [5.41, 5.74) is 1.14. The first-order valence-corrected chi connectivity index (χ1v) is 9.17. The number of hydrogen-bond acceptors (Lipinski definition) is 4. The van der Waals surface area contributed by atoms with Gasteiger partial charge in [0.15, 0.2) is 0 Å². The monoisotopic (exact) mass is 314 g/mol. The number of aromatic amines is 1. The third-order valence-electron chi connectivity index (χ3n) is 4.32. The molecule has 3 N–H and O–H groups in total. The quantitative estimate of drug-likeness (QED) is 0.745. The molecule has 120 valence electrons. The van der Waals surface area contributed by atoms with Gasteiger partial charge in [0.05, 0.1) is 11.4 Å². The molecule has 0 saturated heterocycles. The molecule has 0 spiro atoms. The number of nitrogens with one attached hydrogen (secondary N) is 3. The maximum absolute atomic E-state index is 12.6. The van der Waals surface area contributed by atoms with Gasteiger partial charge in [0.25, 0.3) is 0 Å². The number of sulfonamides is 1. The van der Waals surface area contributed by atoms with Gasteiger partial charge in [0.1, 0.15) is 4.90 Å². The Bertz CT molecular complexity index is 560. The van der Waals surface area contributed by atoms with E-state index in [2.05, 4.69) is 27.2 Å². The van der Waals surface area contributed by atoms with Crippen LogP contribution in [0.1, 0.15) is 50.4 Å². The first-order chi connectivity index (χ1) is 9.97. The van der Waals surface area contributed by atoms with Gasteiger partial charge in [-0.2, -0.15) is 5.10 Å². The maximum atomic E-state index is 12.6. The van der Waals surface area contributed by atoms with Crippen LogP contribution in [0.2, 0.25) is 0 Å². The Kier molecular flexibility index (Phi) is 5.40. The summed E-state index contributed by atoms with van der Waals surface area (Å²) in [5, 5.41) is 9.81. The summed E-state index contributed by atoms with van der Waals surface area (Å²) in [4.78, 5) is 0.300. The molecule has 1 aliphatic carbocycles. The predicted octanol–water partition coefficient (Wildman–Crippen LogP) is 1.68. The van der Waals surface area contributed by atoms with Crippen LogP contribution in [0.5, 0.6) is 0 Å². The molecule has 1 aromatic heterocycles. The fraction of sp³-hybridized carbons (Fsp3) is 0.786. The number of rotatable bonds is 6. The summed E-state index contributed by atoms with van der Waals surface area (Å²) < 4.78 is 28.1. The van der Waals surface area contributed by atoms with Crippen molar-refractivity contribution in [2.45, 2.75) is 63.4 Å². The zero-order valence-electron chi connectivity index (χ0n) is 13.1. The van der Waals surface area contributed by atoms with Crippen molar-refractivity contribution in [2.75, 3.05) is 7.05 Å². The molecule has 1 heterocycles. The molecule has 0 unspecified atom stereocenters. The van der Waals surface area contributed by atoms with Gasteiger partial charge in [-0.15, -0.1) is 0 Å². The van der Waals surface area contributed by atoms with E-state index in [4.69, 9.17) is 0 Å². The van der Waals surface area contributed by atoms with E-state index < -0.39 is 10.0 Å². The highest BCUT2D eigenvalue weighted by Gasteiger charge is 2.29. The molecule has 7 heteroatoms. The average molecular weight is 314 g/mol. The molecule has 1 saturated carbocycles. The average Bonchev–Trinajstić information content (AvgIpc) is 2.81. The van der Waals surface area contributed by atoms with Gasteiger partial charge in [0, 0.05) is 12.6 Å². The van der Waals surface area contributed by atoms with E-state index >= 15 is 0 Å². The second-order valence-electron chi connectivity index (χ2n) is 5.90. The topological polar surface area (TPSA) is 86.9 Å². The highest BCUT2D eigenvalue weighted by atomic mass is 32.2. The van der Waals surface area contributed by atoms with Crippen LogP contribution >= 0.6 is 0 Å². The van der Waals surface area contributed by atoms with Crippen LogP contribution in [0.15, 0.2) is 4.90 Å². The Hall–Kier alpha value is -0.920. The van der Waals surface area contributed by atoms with Crippen LogP contribution in [0, 0.1) is 12.8 Å². The first kappa shape index (κ1) is 16.5. The Balaban J connectivity index is 2.10. The molecule has 2 rings (SSSR count). The molecule has 0 aliphatic heterocycles. The molecule has 0 atom stereocenters. The van der Waals surface area contributed by atoms with Crippen molar-refractivity contribution in [3.05, 3.63) is 11.4 Å². The van der Waals surface area contributed by atoms with Gasteiger partial charge in [-0.25, -0.2) is 13.1 Å². The molecule has 6 nitrogen and oxygen atoms in total. The number of nitrogens with zero attached hydrogens (tertiary/aromatic N) is 1. The lowest BCUT2D eigenvalue weighted by atomic mass is 9.85. The number of H-pyrrole nitrogens is 1. The van der Waals surface area contributed by atoms with E-state index in [9.17, 15) is 8.42 Å². The zero-order chi connectivity index (χ0) is 15.5. The Morgan fingerprint density at radius 3 is 2.52 bits per heavy atom. The minimum absolute atomic E-state index is 0.0505. The fourth-order valence-corrected chi connectivity index (χ4v) is 4.75. The lowest BCUT2D eigenvalue weighted by Gasteiger charge is -2.28. The zero-order valence-corrected chi connectivity index (χ0v) is 13.9. The third kappa shape index (κ3) is 3.84. The largest absolute Gasteiger partial charge is 0.314 e. The number of hydrogen-bond donors (Lipinski definition) is 3. The molecule has 1 fully saturated rings. The van der Waals surface area contributed by atoms with Gasteiger partial charge in [-0.1, -0.05) is 13.3 Å². The van der Waals surface area contributed by atoms with Crippen molar-refractivity contribution in [1.29, 1.82) is 0 Å². The Morgan fingerprint density at radius 2 is 1.95 bits per heavy atom. The van der Waals surface area contributed by atoms with Crippen LogP contribution in [-0.2, 0) is 16.6 Å². The van der Waals surface area contributed by atoms with E-state index in [0.717, 1.165) is 31.6 Å². The van der Waals surface area contributed by atoms with E-state index in [-0.39, 0.29) is 6.04 Å². The summed E-state index contributed by atoms with van der Waals surface area (Å²) in [6, 6.07) is 0.0505. The van der Waals surface area contributed by atoms with E-state index in [1.54, 1.807) is 14.0 Å².